The third-order valence-corrected chi connectivity index (χ3v) is 4.04. The zero-order chi connectivity index (χ0) is 17.1. The van der Waals surface area contributed by atoms with E-state index < -0.39 is 11.5 Å². The molecule has 0 aliphatic heterocycles. The van der Waals surface area contributed by atoms with Gasteiger partial charge in [-0.15, -0.1) is 0 Å². The van der Waals surface area contributed by atoms with Crippen LogP contribution in [0.1, 0.15) is 15.9 Å². The molecule has 6 heteroatoms. The Morgan fingerprint density at radius 2 is 1.83 bits per heavy atom. The Labute approximate surface area is 148 Å². The summed E-state index contributed by atoms with van der Waals surface area (Å²) in [6.07, 6.45) is 0.670. The van der Waals surface area contributed by atoms with Gasteiger partial charge in [0, 0.05) is 17.0 Å². The molecule has 0 bridgehead atoms. The maximum atomic E-state index is 12.2. The molecule has 0 spiro atoms. The van der Waals surface area contributed by atoms with Crippen molar-refractivity contribution in [3.05, 3.63) is 80.1 Å². The molecule has 0 aliphatic rings. The topological polar surface area (TPSA) is 59.3 Å². The lowest BCUT2D eigenvalue weighted by molar-refractivity contribution is 0.0950. The van der Waals surface area contributed by atoms with Crippen LogP contribution in [0.3, 0.4) is 0 Å². The van der Waals surface area contributed by atoms with E-state index in [0.717, 1.165) is 5.56 Å². The number of nitrogens with one attached hydrogen (secondary N) is 1. The van der Waals surface area contributed by atoms with Crippen molar-refractivity contribution in [2.45, 2.75) is 6.42 Å². The van der Waals surface area contributed by atoms with Crippen molar-refractivity contribution in [3.8, 4) is 0 Å². The zero-order valence-electron chi connectivity index (χ0n) is 12.5. The highest BCUT2D eigenvalue weighted by Crippen LogP contribution is 2.27. The minimum atomic E-state index is -0.732. The van der Waals surface area contributed by atoms with Crippen molar-refractivity contribution < 1.29 is 9.21 Å². The smallest absolute Gasteiger partial charge is 0.349 e. The van der Waals surface area contributed by atoms with E-state index in [-0.39, 0.29) is 16.2 Å². The SMILES string of the molecule is O=C(NCCc1ccccc1)c1cc2cc(Cl)cc(Cl)c2oc1=O. The fourth-order valence-corrected chi connectivity index (χ4v) is 2.92. The average molecular weight is 362 g/mol. The van der Waals surface area contributed by atoms with E-state index in [4.69, 9.17) is 27.6 Å². The Morgan fingerprint density at radius 1 is 1.08 bits per heavy atom. The quantitative estimate of drug-likeness (QED) is 0.712. The van der Waals surface area contributed by atoms with Gasteiger partial charge in [0.1, 0.15) is 5.56 Å². The van der Waals surface area contributed by atoms with Gasteiger partial charge in [-0.25, -0.2) is 4.79 Å². The van der Waals surface area contributed by atoms with Gasteiger partial charge < -0.3 is 9.73 Å². The lowest BCUT2D eigenvalue weighted by Crippen LogP contribution is -2.29. The van der Waals surface area contributed by atoms with Crippen LogP contribution < -0.4 is 10.9 Å². The van der Waals surface area contributed by atoms with E-state index >= 15 is 0 Å². The van der Waals surface area contributed by atoms with Crippen LogP contribution in [-0.2, 0) is 6.42 Å². The van der Waals surface area contributed by atoms with Gasteiger partial charge in [0.15, 0.2) is 5.58 Å². The van der Waals surface area contributed by atoms with E-state index in [9.17, 15) is 9.59 Å². The third-order valence-electron chi connectivity index (χ3n) is 3.54. The van der Waals surface area contributed by atoms with Crippen molar-refractivity contribution >= 4 is 40.1 Å². The molecular formula is C18H13Cl2NO3. The van der Waals surface area contributed by atoms with Crippen LogP contribution in [0.2, 0.25) is 10.0 Å². The van der Waals surface area contributed by atoms with Gasteiger partial charge in [-0.05, 0) is 30.2 Å². The Hall–Kier alpha value is -2.30. The van der Waals surface area contributed by atoms with Crippen molar-refractivity contribution in [1.29, 1.82) is 0 Å². The molecule has 2 aromatic carbocycles. The predicted octanol–water partition coefficient (Wildman–Crippen LogP) is 4.07. The first kappa shape index (κ1) is 16.6. The molecule has 0 saturated heterocycles. The van der Waals surface area contributed by atoms with Gasteiger partial charge >= 0.3 is 5.63 Å². The number of benzene rings is 2. The summed E-state index contributed by atoms with van der Waals surface area (Å²) >= 11 is 11.9. The first-order valence-corrected chi connectivity index (χ1v) is 8.05. The molecule has 1 aromatic heterocycles. The minimum absolute atomic E-state index is 0.0751. The zero-order valence-corrected chi connectivity index (χ0v) is 14.0. The first-order chi connectivity index (χ1) is 11.5. The van der Waals surface area contributed by atoms with Gasteiger partial charge in [0.05, 0.1) is 5.02 Å². The van der Waals surface area contributed by atoms with Crippen molar-refractivity contribution in [3.63, 3.8) is 0 Å². The normalized spacial score (nSPS) is 10.8. The summed E-state index contributed by atoms with van der Waals surface area (Å²) in [7, 11) is 0. The average Bonchev–Trinajstić information content (AvgIpc) is 2.56. The molecule has 3 rings (SSSR count). The maximum absolute atomic E-state index is 12.2. The van der Waals surface area contributed by atoms with Gasteiger partial charge in [0.2, 0.25) is 0 Å². The van der Waals surface area contributed by atoms with Gasteiger partial charge in [-0.3, -0.25) is 4.79 Å². The van der Waals surface area contributed by atoms with Crippen LogP contribution >= 0.6 is 23.2 Å². The maximum Gasteiger partial charge on any atom is 0.349 e. The van der Waals surface area contributed by atoms with E-state index in [1.165, 1.54) is 12.1 Å². The monoisotopic (exact) mass is 361 g/mol. The van der Waals surface area contributed by atoms with Crippen LogP contribution in [0.5, 0.6) is 0 Å². The summed E-state index contributed by atoms with van der Waals surface area (Å²) in [5.74, 6) is -0.488. The second-order valence-electron chi connectivity index (χ2n) is 5.24. The molecular weight excluding hydrogens is 349 g/mol. The van der Waals surface area contributed by atoms with Crippen LogP contribution in [0.4, 0.5) is 0 Å². The van der Waals surface area contributed by atoms with Crippen LogP contribution in [-0.4, -0.2) is 12.5 Å². The molecule has 0 radical (unpaired) electrons. The molecule has 3 aromatic rings. The number of amides is 1. The molecule has 0 fully saturated rings. The summed E-state index contributed by atoms with van der Waals surface area (Å²) in [6.45, 7) is 0.413. The molecule has 122 valence electrons. The third kappa shape index (κ3) is 3.61. The van der Waals surface area contributed by atoms with Crippen molar-refractivity contribution in [2.24, 2.45) is 0 Å². The van der Waals surface area contributed by atoms with Gasteiger partial charge in [-0.2, -0.15) is 0 Å². The molecule has 1 heterocycles. The second-order valence-corrected chi connectivity index (χ2v) is 6.09. The Bertz CT molecular complexity index is 952. The van der Waals surface area contributed by atoms with Gasteiger partial charge in [0.25, 0.3) is 5.91 Å². The number of carbonyl (C=O) groups excluding carboxylic acids is 1. The molecule has 1 N–H and O–H groups in total. The highest BCUT2D eigenvalue weighted by Gasteiger charge is 2.15. The van der Waals surface area contributed by atoms with E-state index in [0.29, 0.717) is 23.4 Å². The number of carbonyl (C=O) groups is 1. The van der Waals surface area contributed by atoms with Crippen LogP contribution in [0.25, 0.3) is 11.0 Å². The molecule has 0 atom stereocenters. The minimum Gasteiger partial charge on any atom is -0.421 e. The summed E-state index contributed by atoms with van der Waals surface area (Å²) in [5, 5.41) is 3.84. The number of fused-ring (bicyclic) bond motifs is 1. The number of rotatable bonds is 4. The van der Waals surface area contributed by atoms with Crippen molar-refractivity contribution in [2.75, 3.05) is 6.54 Å². The Morgan fingerprint density at radius 3 is 2.58 bits per heavy atom. The summed E-state index contributed by atoms with van der Waals surface area (Å²) in [5.41, 5.74) is 0.506. The number of hydrogen-bond acceptors (Lipinski definition) is 3. The number of hydrogen-bond donors (Lipinski definition) is 1. The highest BCUT2D eigenvalue weighted by atomic mass is 35.5. The largest absolute Gasteiger partial charge is 0.421 e. The van der Waals surface area contributed by atoms with Crippen LogP contribution in [0.15, 0.2) is 57.7 Å². The standard InChI is InChI=1S/C18H13Cl2NO3/c19-13-8-12-9-14(18(23)24-16(12)15(20)10-13)17(22)21-7-6-11-4-2-1-3-5-11/h1-5,8-10H,6-7H2,(H,21,22). The summed E-state index contributed by atoms with van der Waals surface area (Å²) in [6, 6.07) is 14.3. The fraction of sp³-hybridized carbons (Fsp3) is 0.111. The molecule has 4 nitrogen and oxygen atoms in total. The van der Waals surface area contributed by atoms with Crippen molar-refractivity contribution in [1.82, 2.24) is 5.32 Å². The first-order valence-electron chi connectivity index (χ1n) is 7.29. The highest BCUT2D eigenvalue weighted by molar-refractivity contribution is 6.38. The van der Waals surface area contributed by atoms with Crippen LogP contribution in [0, 0.1) is 0 Å². The Balaban J connectivity index is 1.79. The molecule has 0 saturated carbocycles. The lowest BCUT2D eigenvalue weighted by Gasteiger charge is -2.06. The summed E-state index contributed by atoms with van der Waals surface area (Å²) < 4.78 is 5.16. The predicted molar refractivity (Wildman–Crippen MR) is 95.0 cm³/mol. The molecule has 24 heavy (non-hydrogen) atoms. The van der Waals surface area contributed by atoms with E-state index in [1.54, 1.807) is 6.07 Å². The van der Waals surface area contributed by atoms with Gasteiger partial charge in [-0.1, -0.05) is 53.5 Å². The van der Waals surface area contributed by atoms with E-state index in [1.807, 2.05) is 30.3 Å². The second kappa shape index (κ2) is 7.07. The fourth-order valence-electron chi connectivity index (χ4n) is 2.38. The Kier molecular flexibility index (Phi) is 4.88. The molecule has 1 amide bonds. The number of halogens is 2. The molecule has 0 unspecified atom stereocenters. The molecule has 0 aliphatic carbocycles. The van der Waals surface area contributed by atoms with E-state index in [2.05, 4.69) is 5.32 Å². The summed E-state index contributed by atoms with van der Waals surface area (Å²) in [4.78, 5) is 24.3. The lowest BCUT2D eigenvalue weighted by atomic mass is 10.1.